The van der Waals surface area contributed by atoms with Gasteiger partial charge >= 0.3 is 0 Å². The van der Waals surface area contributed by atoms with E-state index in [1.165, 1.54) is 11.3 Å². The highest BCUT2D eigenvalue weighted by Gasteiger charge is 2.20. The van der Waals surface area contributed by atoms with E-state index in [1.54, 1.807) is 26.2 Å². The van der Waals surface area contributed by atoms with E-state index in [1.807, 2.05) is 30.3 Å². The SMILES string of the molecule is COCCNC(=O)c1ccc(-c2ccc3nc(C(C)C(=O)NCCS(N)(=O)=O)sc3c2)cc1. The van der Waals surface area contributed by atoms with E-state index < -0.39 is 15.9 Å². The van der Waals surface area contributed by atoms with E-state index in [-0.39, 0.29) is 24.1 Å². The van der Waals surface area contributed by atoms with Gasteiger partial charge in [-0.05, 0) is 42.3 Å². The van der Waals surface area contributed by atoms with Gasteiger partial charge in [0.05, 0.1) is 28.5 Å². The lowest BCUT2D eigenvalue weighted by atomic mass is 10.0. The van der Waals surface area contributed by atoms with Crippen molar-refractivity contribution in [2.75, 3.05) is 32.6 Å². The fraction of sp³-hybridized carbons (Fsp3) is 0.318. The number of sulfonamides is 1. The molecule has 1 aromatic heterocycles. The Bertz CT molecular complexity index is 1240. The molecule has 1 atom stereocenters. The molecule has 1 heterocycles. The van der Waals surface area contributed by atoms with Crippen molar-refractivity contribution in [2.24, 2.45) is 5.14 Å². The number of hydrogen-bond acceptors (Lipinski definition) is 7. The number of ether oxygens (including phenoxy) is 1. The van der Waals surface area contributed by atoms with Gasteiger partial charge in [0, 0.05) is 25.8 Å². The van der Waals surface area contributed by atoms with Gasteiger partial charge < -0.3 is 15.4 Å². The zero-order valence-electron chi connectivity index (χ0n) is 18.3. The van der Waals surface area contributed by atoms with Crippen LogP contribution in [0.15, 0.2) is 42.5 Å². The molecular weight excluding hydrogens is 464 g/mol. The fourth-order valence-corrected chi connectivity index (χ4v) is 4.52. The van der Waals surface area contributed by atoms with Crippen LogP contribution >= 0.6 is 11.3 Å². The summed E-state index contributed by atoms with van der Waals surface area (Å²) in [6.07, 6.45) is 0. The van der Waals surface area contributed by atoms with E-state index in [9.17, 15) is 18.0 Å². The van der Waals surface area contributed by atoms with Crippen molar-refractivity contribution in [3.05, 3.63) is 53.0 Å². The minimum absolute atomic E-state index is 0.0442. The topological polar surface area (TPSA) is 140 Å². The Morgan fingerprint density at radius 3 is 2.45 bits per heavy atom. The molecule has 0 aliphatic heterocycles. The standard InChI is InChI=1S/C22H26N4O5S2/c1-14(20(27)25-10-12-33(23,29)30)22-26-18-8-7-17(13-19(18)32-22)15-3-5-16(6-4-15)21(28)24-9-11-31-2/h3-8,13-14H,9-12H2,1-2H3,(H,24,28)(H,25,27)(H2,23,29,30). The first kappa shape index (κ1) is 24.8. The molecule has 9 nitrogen and oxygen atoms in total. The number of amides is 2. The van der Waals surface area contributed by atoms with Crippen LogP contribution in [0.2, 0.25) is 0 Å². The van der Waals surface area contributed by atoms with Gasteiger partial charge in [-0.2, -0.15) is 0 Å². The second-order valence-electron chi connectivity index (χ2n) is 7.44. The highest BCUT2D eigenvalue weighted by molar-refractivity contribution is 7.89. The molecular formula is C22H26N4O5S2. The Kier molecular flexibility index (Phi) is 8.14. The van der Waals surface area contributed by atoms with E-state index in [0.717, 1.165) is 21.3 Å². The molecule has 0 aliphatic rings. The summed E-state index contributed by atoms with van der Waals surface area (Å²) in [6, 6.07) is 13.1. The number of nitrogens with zero attached hydrogens (tertiary/aromatic N) is 1. The number of thiazole rings is 1. The Hall–Kier alpha value is -2.86. The van der Waals surface area contributed by atoms with Crippen molar-refractivity contribution in [3.63, 3.8) is 0 Å². The van der Waals surface area contributed by atoms with Crippen LogP contribution in [0.4, 0.5) is 0 Å². The summed E-state index contributed by atoms with van der Waals surface area (Å²) < 4.78 is 27.9. The maximum Gasteiger partial charge on any atom is 0.251 e. The number of hydrogen-bond donors (Lipinski definition) is 3. The van der Waals surface area contributed by atoms with E-state index in [0.29, 0.717) is 23.7 Å². The molecule has 0 saturated heterocycles. The first-order chi connectivity index (χ1) is 15.7. The van der Waals surface area contributed by atoms with Crippen LogP contribution in [0.5, 0.6) is 0 Å². The van der Waals surface area contributed by atoms with Gasteiger partial charge in [-0.25, -0.2) is 18.5 Å². The number of carbonyl (C=O) groups excluding carboxylic acids is 2. The van der Waals surface area contributed by atoms with E-state index in [4.69, 9.17) is 9.88 Å². The van der Waals surface area contributed by atoms with E-state index in [2.05, 4.69) is 15.6 Å². The molecule has 3 rings (SSSR count). The molecule has 33 heavy (non-hydrogen) atoms. The fourth-order valence-electron chi connectivity index (χ4n) is 3.07. The minimum Gasteiger partial charge on any atom is -0.383 e. The van der Waals surface area contributed by atoms with Gasteiger partial charge in [-0.15, -0.1) is 11.3 Å². The van der Waals surface area contributed by atoms with Gasteiger partial charge in [-0.3, -0.25) is 9.59 Å². The van der Waals surface area contributed by atoms with Gasteiger partial charge in [0.1, 0.15) is 5.01 Å². The van der Waals surface area contributed by atoms with Crippen LogP contribution in [-0.2, 0) is 19.6 Å². The molecule has 3 aromatic rings. The van der Waals surface area contributed by atoms with Crippen LogP contribution in [0.3, 0.4) is 0 Å². The predicted octanol–water partition coefficient (Wildman–Crippen LogP) is 1.85. The molecule has 0 fully saturated rings. The van der Waals surface area contributed by atoms with Crippen molar-refractivity contribution in [1.29, 1.82) is 0 Å². The molecule has 2 aromatic carbocycles. The maximum absolute atomic E-state index is 12.3. The molecule has 0 radical (unpaired) electrons. The van der Waals surface area contributed by atoms with Crippen molar-refractivity contribution in [2.45, 2.75) is 12.8 Å². The van der Waals surface area contributed by atoms with Crippen LogP contribution in [0.1, 0.15) is 28.2 Å². The highest BCUT2D eigenvalue weighted by Crippen LogP contribution is 2.31. The average Bonchev–Trinajstić information content (AvgIpc) is 3.21. The smallest absolute Gasteiger partial charge is 0.251 e. The van der Waals surface area contributed by atoms with Crippen LogP contribution in [0, 0.1) is 0 Å². The molecule has 0 saturated carbocycles. The summed E-state index contributed by atoms with van der Waals surface area (Å²) >= 11 is 1.41. The zero-order valence-corrected chi connectivity index (χ0v) is 20.0. The largest absolute Gasteiger partial charge is 0.383 e. The third kappa shape index (κ3) is 6.81. The van der Waals surface area contributed by atoms with Gasteiger partial charge in [0.2, 0.25) is 15.9 Å². The lowest BCUT2D eigenvalue weighted by molar-refractivity contribution is -0.122. The molecule has 11 heteroatoms. The van der Waals surface area contributed by atoms with Gasteiger partial charge in [0.15, 0.2) is 0 Å². The second-order valence-corrected chi connectivity index (χ2v) is 10.2. The van der Waals surface area contributed by atoms with E-state index >= 15 is 0 Å². The molecule has 4 N–H and O–H groups in total. The Labute approximate surface area is 196 Å². The van der Waals surface area contributed by atoms with Crippen molar-refractivity contribution < 1.29 is 22.7 Å². The molecule has 0 spiro atoms. The molecule has 176 valence electrons. The number of carbonyl (C=O) groups is 2. The maximum atomic E-state index is 12.3. The number of methoxy groups -OCH3 is 1. The summed E-state index contributed by atoms with van der Waals surface area (Å²) in [7, 11) is -2.05. The van der Waals surface area contributed by atoms with Gasteiger partial charge in [-0.1, -0.05) is 18.2 Å². The van der Waals surface area contributed by atoms with Crippen LogP contribution in [0.25, 0.3) is 21.3 Å². The third-order valence-electron chi connectivity index (χ3n) is 4.93. The number of fused-ring (bicyclic) bond motifs is 1. The Morgan fingerprint density at radius 2 is 1.79 bits per heavy atom. The average molecular weight is 491 g/mol. The Morgan fingerprint density at radius 1 is 1.09 bits per heavy atom. The molecule has 0 bridgehead atoms. The quantitative estimate of drug-likeness (QED) is 0.371. The third-order valence-corrected chi connectivity index (χ3v) is 6.90. The summed E-state index contributed by atoms with van der Waals surface area (Å²) in [5.74, 6) is -1.31. The number of nitrogens with two attached hydrogens (primary N) is 1. The number of aromatic nitrogens is 1. The van der Waals surface area contributed by atoms with Gasteiger partial charge in [0.25, 0.3) is 5.91 Å². The molecule has 2 amide bonds. The van der Waals surface area contributed by atoms with Crippen molar-refractivity contribution in [1.82, 2.24) is 15.6 Å². The first-order valence-corrected chi connectivity index (χ1v) is 12.8. The lowest BCUT2D eigenvalue weighted by Gasteiger charge is -2.08. The number of primary sulfonamides is 1. The minimum atomic E-state index is -3.63. The zero-order chi connectivity index (χ0) is 24.0. The normalized spacial score (nSPS) is 12.5. The highest BCUT2D eigenvalue weighted by atomic mass is 32.2. The number of rotatable bonds is 10. The summed E-state index contributed by atoms with van der Waals surface area (Å²) in [5.41, 5.74) is 3.26. The summed E-state index contributed by atoms with van der Waals surface area (Å²) in [5, 5.41) is 11.0. The van der Waals surface area contributed by atoms with Crippen molar-refractivity contribution >= 4 is 43.4 Å². The number of benzene rings is 2. The first-order valence-electron chi connectivity index (χ1n) is 10.2. The summed E-state index contributed by atoms with van der Waals surface area (Å²) in [4.78, 5) is 29.0. The molecule has 0 aliphatic carbocycles. The monoisotopic (exact) mass is 490 g/mol. The number of nitrogens with one attached hydrogen (secondary N) is 2. The predicted molar refractivity (Wildman–Crippen MR) is 129 cm³/mol. The summed E-state index contributed by atoms with van der Waals surface area (Å²) in [6.45, 7) is 2.58. The second kappa shape index (κ2) is 10.8. The lowest BCUT2D eigenvalue weighted by Crippen LogP contribution is -2.33. The van der Waals surface area contributed by atoms with Crippen LogP contribution < -0.4 is 15.8 Å². The van der Waals surface area contributed by atoms with Crippen molar-refractivity contribution in [3.8, 4) is 11.1 Å². The van der Waals surface area contributed by atoms with Crippen LogP contribution in [-0.4, -0.2) is 57.8 Å². The molecule has 1 unspecified atom stereocenters. The Balaban J connectivity index is 1.70.